The molecule has 2 aromatic rings. The van der Waals surface area contributed by atoms with Gasteiger partial charge in [0, 0.05) is 23.1 Å². The Labute approximate surface area is 192 Å². The minimum Gasteiger partial charge on any atom is -0.482 e. The molecule has 0 aromatic heterocycles. The molecule has 0 bridgehead atoms. The van der Waals surface area contributed by atoms with Crippen LogP contribution in [0.1, 0.15) is 26.3 Å². The number of amides is 2. The summed E-state index contributed by atoms with van der Waals surface area (Å²) in [5.74, 6) is 0.0232. The summed E-state index contributed by atoms with van der Waals surface area (Å²) in [6, 6.07) is 11.2. The van der Waals surface area contributed by atoms with Gasteiger partial charge in [-0.3, -0.25) is 9.59 Å². The molecule has 0 heterocycles. The molecule has 0 saturated heterocycles. The number of hydrogen-bond donors (Lipinski definition) is 1. The largest absolute Gasteiger partial charge is 0.482 e. The molecule has 1 atom stereocenters. The van der Waals surface area contributed by atoms with Gasteiger partial charge in [-0.25, -0.2) is 0 Å². The van der Waals surface area contributed by atoms with Crippen LogP contribution in [0.4, 0.5) is 0 Å². The third-order valence-corrected chi connectivity index (χ3v) is 5.29. The van der Waals surface area contributed by atoms with Crippen LogP contribution in [0.2, 0.25) is 15.1 Å². The molecule has 0 aliphatic heterocycles. The molecule has 2 rings (SSSR count). The van der Waals surface area contributed by atoms with Gasteiger partial charge in [0.1, 0.15) is 11.8 Å². The van der Waals surface area contributed by atoms with Gasteiger partial charge >= 0.3 is 0 Å². The Morgan fingerprint density at radius 1 is 1.03 bits per heavy atom. The van der Waals surface area contributed by atoms with Crippen LogP contribution in [0, 0.1) is 5.92 Å². The number of nitrogens with zero attached hydrogens (tertiary/aromatic N) is 1. The third-order valence-electron chi connectivity index (χ3n) is 4.40. The summed E-state index contributed by atoms with van der Waals surface area (Å²) in [7, 11) is 0. The summed E-state index contributed by atoms with van der Waals surface area (Å²) in [6.07, 6.45) is 0. The third kappa shape index (κ3) is 7.08. The van der Waals surface area contributed by atoms with E-state index in [4.69, 9.17) is 39.5 Å². The van der Waals surface area contributed by atoms with Gasteiger partial charge in [-0.2, -0.15) is 0 Å². The van der Waals surface area contributed by atoms with Crippen molar-refractivity contribution in [2.75, 3.05) is 13.2 Å². The highest BCUT2D eigenvalue weighted by molar-refractivity contribution is 6.35. The standard InChI is InChI=1S/C22H25Cl3N2O3/c1-14(2)11-26-22(29)15(3)27(12-16-6-4-5-7-18(16)24)21(28)13-30-20-9-8-17(23)10-19(20)25/h4-10,14-15H,11-13H2,1-3H3,(H,26,29)/t15-/m1/s1. The van der Waals surface area contributed by atoms with Crippen LogP contribution >= 0.6 is 34.8 Å². The minimum atomic E-state index is -0.711. The predicted octanol–water partition coefficient (Wildman–Crippen LogP) is 5.22. The zero-order valence-electron chi connectivity index (χ0n) is 17.1. The number of ether oxygens (including phenoxy) is 1. The van der Waals surface area contributed by atoms with Gasteiger partial charge in [-0.1, -0.05) is 66.8 Å². The number of halogens is 3. The Morgan fingerprint density at radius 3 is 2.37 bits per heavy atom. The van der Waals surface area contributed by atoms with Gasteiger partial charge in [0.05, 0.1) is 5.02 Å². The van der Waals surface area contributed by atoms with E-state index < -0.39 is 6.04 Å². The molecule has 5 nitrogen and oxygen atoms in total. The highest BCUT2D eigenvalue weighted by Crippen LogP contribution is 2.27. The van der Waals surface area contributed by atoms with E-state index in [2.05, 4.69) is 5.32 Å². The van der Waals surface area contributed by atoms with Crippen molar-refractivity contribution in [3.8, 4) is 5.75 Å². The van der Waals surface area contributed by atoms with Gasteiger partial charge < -0.3 is 15.0 Å². The van der Waals surface area contributed by atoms with Gasteiger partial charge in [0.25, 0.3) is 5.91 Å². The maximum atomic E-state index is 13.0. The Morgan fingerprint density at radius 2 is 1.73 bits per heavy atom. The molecule has 0 unspecified atom stereocenters. The number of carbonyl (C=O) groups excluding carboxylic acids is 2. The molecule has 0 aliphatic carbocycles. The monoisotopic (exact) mass is 470 g/mol. The number of rotatable bonds is 9. The molecule has 162 valence electrons. The van der Waals surface area contributed by atoms with Gasteiger partial charge in [-0.15, -0.1) is 0 Å². The van der Waals surface area contributed by atoms with Crippen molar-refractivity contribution >= 4 is 46.6 Å². The summed E-state index contributed by atoms with van der Waals surface area (Å²) in [5, 5.41) is 4.15. The van der Waals surface area contributed by atoms with Crippen LogP contribution in [-0.2, 0) is 16.1 Å². The number of hydrogen-bond acceptors (Lipinski definition) is 3. The van der Waals surface area contributed by atoms with E-state index in [0.29, 0.717) is 33.3 Å². The second-order valence-corrected chi connectivity index (χ2v) is 8.54. The van der Waals surface area contributed by atoms with Gasteiger partial charge in [-0.05, 0) is 42.7 Å². The average molecular weight is 472 g/mol. The molecule has 2 amide bonds. The Kier molecular flexibility index (Phi) is 9.28. The van der Waals surface area contributed by atoms with Crippen molar-refractivity contribution in [1.29, 1.82) is 0 Å². The summed E-state index contributed by atoms with van der Waals surface area (Å²) in [6.45, 7) is 6.09. The Hall–Kier alpha value is -1.95. The van der Waals surface area contributed by atoms with Crippen molar-refractivity contribution in [3.05, 3.63) is 63.1 Å². The lowest BCUT2D eigenvalue weighted by atomic mass is 10.1. The first-order chi connectivity index (χ1) is 14.2. The predicted molar refractivity (Wildman–Crippen MR) is 121 cm³/mol. The lowest BCUT2D eigenvalue weighted by Gasteiger charge is -2.29. The molecule has 1 N–H and O–H groups in total. The lowest BCUT2D eigenvalue weighted by Crippen LogP contribution is -2.49. The molecule has 0 radical (unpaired) electrons. The van der Waals surface area contributed by atoms with E-state index in [0.717, 1.165) is 5.56 Å². The Balaban J connectivity index is 2.17. The summed E-state index contributed by atoms with van der Waals surface area (Å²) >= 11 is 18.3. The molecule has 30 heavy (non-hydrogen) atoms. The number of carbonyl (C=O) groups is 2. The van der Waals surface area contributed by atoms with Crippen LogP contribution in [-0.4, -0.2) is 35.9 Å². The lowest BCUT2D eigenvalue weighted by molar-refractivity contribution is -0.142. The van der Waals surface area contributed by atoms with Crippen molar-refractivity contribution in [3.63, 3.8) is 0 Å². The first-order valence-corrected chi connectivity index (χ1v) is 10.7. The van der Waals surface area contributed by atoms with E-state index in [1.807, 2.05) is 32.0 Å². The zero-order valence-corrected chi connectivity index (χ0v) is 19.4. The van der Waals surface area contributed by atoms with Crippen molar-refractivity contribution in [1.82, 2.24) is 10.2 Å². The smallest absolute Gasteiger partial charge is 0.261 e. The second kappa shape index (κ2) is 11.4. The molecular weight excluding hydrogens is 447 g/mol. The van der Waals surface area contributed by atoms with E-state index in [1.165, 1.54) is 11.0 Å². The molecule has 0 fully saturated rings. The molecule has 0 aliphatic rings. The van der Waals surface area contributed by atoms with E-state index in [9.17, 15) is 9.59 Å². The number of nitrogens with one attached hydrogen (secondary N) is 1. The number of benzene rings is 2. The van der Waals surface area contributed by atoms with Crippen molar-refractivity contribution in [2.45, 2.75) is 33.4 Å². The van der Waals surface area contributed by atoms with Crippen LogP contribution in [0.5, 0.6) is 5.75 Å². The fourth-order valence-electron chi connectivity index (χ4n) is 2.66. The maximum Gasteiger partial charge on any atom is 0.261 e. The minimum absolute atomic E-state index is 0.173. The molecular formula is C22H25Cl3N2O3. The summed E-state index contributed by atoms with van der Waals surface area (Å²) in [5.41, 5.74) is 0.737. The fourth-order valence-corrected chi connectivity index (χ4v) is 3.32. The Bertz CT molecular complexity index is 890. The highest BCUT2D eigenvalue weighted by Gasteiger charge is 2.27. The highest BCUT2D eigenvalue weighted by atomic mass is 35.5. The molecule has 2 aromatic carbocycles. The quantitative estimate of drug-likeness (QED) is 0.546. The fraction of sp³-hybridized carbons (Fsp3) is 0.364. The molecule has 0 saturated carbocycles. The van der Waals surface area contributed by atoms with Crippen LogP contribution in [0.3, 0.4) is 0 Å². The first-order valence-electron chi connectivity index (χ1n) is 9.57. The van der Waals surface area contributed by atoms with Crippen LogP contribution < -0.4 is 10.1 Å². The van der Waals surface area contributed by atoms with E-state index >= 15 is 0 Å². The second-order valence-electron chi connectivity index (χ2n) is 7.29. The zero-order chi connectivity index (χ0) is 22.3. The topological polar surface area (TPSA) is 58.6 Å². The normalized spacial score (nSPS) is 11.8. The molecule has 8 heteroatoms. The van der Waals surface area contributed by atoms with E-state index in [-0.39, 0.29) is 25.0 Å². The van der Waals surface area contributed by atoms with E-state index in [1.54, 1.807) is 25.1 Å². The van der Waals surface area contributed by atoms with Gasteiger partial charge in [0.2, 0.25) is 5.91 Å². The van der Waals surface area contributed by atoms with Crippen LogP contribution in [0.25, 0.3) is 0 Å². The van der Waals surface area contributed by atoms with Crippen LogP contribution in [0.15, 0.2) is 42.5 Å². The maximum absolute atomic E-state index is 13.0. The average Bonchev–Trinajstić information content (AvgIpc) is 2.70. The van der Waals surface area contributed by atoms with Crippen molar-refractivity contribution in [2.24, 2.45) is 5.92 Å². The summed E-state index contributed by atoms with van der Waals surface area (Å²) < 4.78 is 5.58. The first kappa shape index (κ1) is 24.3. The molecule has 0 spiro atoms. The van der Waals surface area contributed by atoms with Gasteiger partial charge in [0.15, 0.2) is 6.61 Å². The van der Waals surface area contributed by atoms with Crippen molar-refractivity contribution < 1.29 is 14.3 Å². The summed E-state index contributed by atoms with van der Waals surface area (Å²) in [4.78, 5) is 27.1. The SMILES string of the molecule is CC(C)CNC(=O)[C@@H](C)N(Cc1ccccc1Cl)C(=O)COc1ccc(Cl)cc1Cl.